The molecule has 0 amide bonds. The van der Waals surface area contributed by atoms with Crippen molar-refractivity contribution in [2.75, 3.05) is 24.6 Å². The Hall–Kier alpha value is -1.73. The van der Waals surface area contributed by atoms with Gasteiger partial charge in [-0.25, -0.2) is 4.98 Å². The Labute approximate surface area is 104 Å². The van der Waals surface area contributed by atoms with E-state index in [0.717, 1.165) is 18.0 Å². The largest absolute Gasteiger partial charge is 0.394 e. The molecule has 0 aliphatic carbocycles. The monoisotopic (exact) mass is 249 g/mol. The van der Waals surface area contributed by atoms with Crippen LogP contribution < -0.4 is 4.90 Å². The first-order chi connectivity index (χ1) is 8.78. The van der Waals surface area contributed by atoms with Gasteiger partial charge in [-0.05, 0) is 6.92 Å². The molecule has 0 aromatic carbocycles. The van der Waals surface area contributed by atoms with E-state index in [1.165, 1.54) is 0 Å². The van der Waals surface area contributed by atoms with Gasteiger partial charge in [0.15, 0.2) is 5.82 Å². The third-order valence-electron chi connectivity index (χ3n) is 3.03. The number of anilines is 1. The summed E-state index contributed by atoms with van der Waals surface area (Å²) in [6, 6.07) is 0. The average Bonchev–Trinajstić information content (AvgIpc) is 2.85. The Morgan fingerprint density at radius 2 is 2.39 bits per heavy atom. The maximum atomic E-state index is 9.24. The second-order valence-electron chi connectivity index (χ2n) is 4.47. The molecule has 0 spiro atoms. The number of hydrogen-bond acceptors (Lipinski definition) is 6. The predicted octanol–water partition coefficient (Wildman–Crippen LogP) is -0.290. The minimum atomic E-state index is -0.182. The molecular weight excluding hydrogens is 234 g/mol. The van der Waals surface area contributed by atoms with E-state index in [1.807, 2.05) is 17.5 Å². The molecule has 7 nitrogen and oxygen atoms in total. The number of rotatable bonds is 2. The highest BCUT2D eigenvalue weighted by atomic mass is 16.5. The molecule has 3 rings (SSSR count). The van der Waals surface area contributed by atoms with Crippen molar-refractivity contribution in [1.29, 1.82) is 0 Å². The van der Waals surface area contributed by atoms with Gasteiger partial charge in [-0.1, -0.05) is 0 Å². The van der Waals surface area contributed by atoms with Crippen molar-refractivity contribution in [2.24, 2.45) is 0 Å². The lowest BCUT2D eigenvalue weighted by atomic mass is 10.2. The standard InChI is InChI=1S/C11H15N5O2/c1-8-4-16(5-9(6-17)18-8)10-11-14-13-7-15(11)3-2-12-10/h2-3,7-9,17H,4-6H2,1H3. The van der Waals surface area contributed by atoms with Gasteiger partial charge in [-0.2, -0.15) is 0 Å². The van der Waals surface area contributed by atoms with Gasteiger partial charge in [-0.15, -0.1) is 10.2 Å². The lowest BCUT2D eigenvalue weighted by molar-refractivity contribution is -0.0422. The molecule has 3 heterocycles. The van der Waals surface area contributed by atoms with Gasteiger partial charge < -0.3 is 14.7 Å². The van der Waals surface area contributed by atoms with Crippen LogP contribution in [0.25, 0.3) is 5.65 Å². The number of aliphatic hydroxyl groups is 1. The summed E-state index contributed by atoms with van der Waals surface area (Å²) in [5.41, 5.74) is 0.725. The van der Waals surface area contributed by atoms with E-state index in [9.17, 15) is 5.11 Å². The normalized spacial score (nSPS) is 24.7. The highest BCUT2D eigenvalue weighted by Crippen LogP contribution is 2.21. The van der Waals surface area contributed by atoms with E-state index in [0.29, 0.717) is 6.54 Å². The fourth-order valence-corrected chi connectivity index (χ4v) is 2.29. The molecule has 1 N–H and O–H groups in total. The van der Waals surface area contributed by atoms with E-state index < -0.39 is 0 Å². The van der Waals surface area contributed by atoms with Crippen molar-refractivity contribution in [3.63, 3.8) is 0 Å². The number of nitrogens with zero attached hydrogens (tertiary/aromatic N) is 5. The second-order valence-corrected chi connectivity index (χ2v) is 4.47. The number of aliphatic hydroxyl groups excluding tert-OH is 1. The topological polar surface area (TPSA) is 75.8 Å². The summed E-state index contributed by atoms with van der Waals surface area (Å²) in [6.07, 6.45) is 5.06. The van der Waals surface area contributed by atoms with Crippen LogP contribution in [0.2, 0.25) is 0 Å². The van der Waals surface area contributed by atoms with Crippen molar-refractivity contribution >= 4 is 11.5 Å². The first-order valence-corrected chi connectivity index (χ1v) is 5.93. The number of fused-ring (bicyclic) bond motifs is 1. The first-order valence-electron chi connectivity index (χ1n) is 5.93. The highest BCUT2D eigenvalue weighted by molar-refractivity contribution is 5.63. The second kappa shape index (κ2) is 4.51. The summed E-state index contributed by atoms with van der Waals surface area (Å²) >= 11 is 0. The van der Waals surface area contributed by atoms with E-state index in [4.69, 9.17) is 4.74 Å². The Bertz CT molecular complexity index is 543. The van der Waals surface area contributed by atoms with Gasteiger partial charge in [0.05, 0.1) is 18.8 Å². The van der Waals surface area contributed by atoms with Gasteiger partial charge in [0.25, 0.3) is 0 Å². The zero-order valence-electron chi connectivity index (χ0n) is 10.1. The minimum Gasteiger partial charge on any atom is -0.394 e. The maximum Gasteiger partial charge on any atom is 0.203 e. The Balaban J connectivity index is 1.96. The van der Waals surface area contributed by atoms with Crippen LogP contribution >= 0.6 is 0 Å². The summed E-state index contributed by atoms with van der Waals surface area (Å²) in [5.74, 6) is 0.781. The van der Waals surface area contributed by atoms with Crippen LogP contribution in [0.3, 0.4) is 0 Å². The van der Waals surface area contributed by atoms with Crippen LogP contribution in [-0.4, -0.2) is 56.6 Å². The molecule has 2 aromatic rings. The van der Waals surface area contributed by atoms with E-state index in [1.54, 1.807) is 12.5 Å². The molecular formula is C11H15N5O2. The number of aromatic nitrogens is 4. The fourth-order valence-electron chi connectivity index (χ4n) is 2.29. The third-order valence-corrected chi connectivity index (χ3v) is 3.03. The summed E-state index contributed by atoms with van der Waals surface area (Å²) in [6.45, 7) is 3.34. The van der Waals surface area contributed by atoms with Crippen molar-refractivity contribution in [3.05, 3.63) is 18.7 Å². The quantitative estimate of drug-likeness (QED) is 0.788. The van der Waals surface area contributed by atoms with Crippen molar-refractivity contribution in [1.82, 2.24) is 19.6 Å². The Kier molecular flexibility index (Phi) is 2.85. The average molecular weight is 249 g/mol. The molecule has 0 saturated carbocycles. The number of ether oxygens (including phenoxy) is 1. The molecule has 7 heteroatoms. The SMILES string of the molecule is CC1CN(c2nccn3cnnc23)CC(CO)O1. The Morgan fingerprint density at radius 3 is 3.22 bits per heavy atom. The van der Waals surface area contributed by atoms with Crippen LogP contribution in [0.1, 0.15) is 6.92 Å². The lowest BCUT2D eigenvalue weighted by Gasteiger charge is -2.36. The summed E-state index contributed by atoms with van der Waals surface area (Å²) in [7, 11) is 0. The molecule has 2 atom stereocenters. The highest BCUT2D eigenvalue weighted by Gasteiger charge is 2.27. The molecule has 2 unspecified atom stereocenters. The first kappa shape index (κ1) is 11.4. The number of morpholine rings is 1. The van der Waals surface area contributed by atoms with Crippen molar-refractivity contribution in [2.45, 2.75) is 19.1 Å². The van der Waals surface area contributed by atoms with Crippen LogP contribution in [0, 0.1) is 0 Å². The molecule has 0 bridgehead atoms. The van der Waals surface area contributed by atoms with Gasteiger partial charge in [0.1, 0.15) is 6.33 Å². The molecule has 2 aromatic heterocycles. The fraction of sp³-hybridized carbons (Fsp3) is 0.545. The molecule has 1 aliphatic heterocycles. The zero-order valence-corrected chi connectivity index (χ0v) is 10.1. The minimum absolute atomic E-state index is 0.0106. The van der Waals surface area contributed by atoms with Crippen LogP contribution in [0.4, 0.5) is 5.82 Å². The molecule has 0 radical (unpaired) electrons. The molecule has 18 heavy (non-hydrogen) atoms. The molecule has 96 valence electrons. The summed E-state index contributed by atoms with van der Waals surface area (Å²) < 4.78 is 7.45. The maximum absolute atomic E-state index is 9.24. The van der Waals surface area contributed by atoms with E-state index in [2.05, 4.69) is 20.1 Å². The van der Waals surface area contributed by atoms with Crippen LogP contribution in [0.5, 0.6) is 0 Å². The molecule has 1 aliphatic rings. The van der Waals surface area contributed by atoms with Gasteiger partial charge in [0.2, 0.25) is 5.65 Å². The summed E-state index contributed by atoms with van der Waals surface area (Å²) in [5, 5.41) is 17.2. The van der Waals surface area contributed by atoms with E-state index in [-0.39, 0.29) is 18.8 Å². The van der Waals surface area contributed by atoms with Crippen LogP contribution in [0.15, 0.2) is 18.7 Å². The van der Waals surface area contributed by atoms with Gasteiger partial charge in [0, 0.05) is 25.5 Å². The van der Waals surface area contributed by atoms with Gasteiger partial charge >= 0.3 is 0 Å². The van der Waals surface area contributed by atoms with Crippen molar-refractivity contribution in [3.8, 4) is 0 Å². The number of hydrogen-bond donors (Lipinski definition) is 1. The zero-order chi connectivity index (χ0) is 12.5. The van der Waals surface area contributed by atoms with Crippen molar-refractivity contribution < 1.29 is 9.84 Å². The van der Waals surface area contributed by atoms with E-state index >= 15 is 0 Å². The molecule has 1 saturated heterocycles. The molecule has 1 fully saturated rings. The lowest BCUT2D eigenvalue weighted by Crippen LogP contribution is -2.48. The smallest absolute Gasteiger partial charge is 0.203 e. The summed E-state index contributed by atoms with van der Waals surface area (Å²) in [4.78, 5) is 6.45. The van der Waals surface area contributed by atoms with Crippen LogP contribution in [-0.2, 0) is 4.74 Å². The van der Waals surface area contributed by atoms with Gasteiger partial charge in [-0.3, -0.25) is 4.40 Å². The Morgan fingerprint density at radius 1 is 1.50 bits per heavy atom. The predicted molar refractivity (Wildman–Crippen MR) is 64.4 cm³/mol. The third kappa shape index (κ3) is 1.91.